The summed E-state index contributed by atoms with van der Waals surface area (Å²) in [6.07, 6.45) is 1.14. The van der Waals surface area contributed by atoms with Gasteiger partial charge in [0.15, 0.2) is 9.84 Å². The van der Waals surface area contributed by atoms with Gasteiger partial charge in [-0.1, -0.05) is 0 Å². The molecule has 1 saturated heterocycles. The van der Waals surface area contributed by atoms with E-state index in [-0.39, 0.29) is 42.7 Å². The molecule has 0 aromatic heterocycles. The van der Waals surface area contributed by atoms with Crippen LogP contribution in [0, 0.1) is 0 Å². The Labute approximate surface area is 107 Å². The lowest BCUT2D eigenvalue weighted by atomic mass is 10.2. The van der Waals surface area contributed by atoms with Gasteiger partial charge in [0.1, 0.15) is 9.84 Å². The molecule has 1 amide bonds. The van der Waals surface area contributed by atoms with Gasteiger partial charge in [0.2, 0.25) is 5.91 Å². The topological polar surface area (TPSA) is 115 Å². The Kier molecular flexibility index (Phi) is 4.73. The van der Waals surface area contributed by atoms with Crippen molar-refractivity contribution >= 4 is 25.6 Å². The number of nitrogens with two attached hydrogens (primary N) is 1. The van der Waals surface area contributed by atoms with Crippen molar-refractivity contribution in [2.45, 2.75) is 12.5 Å². The van der Waals surface area contributed by atoms with Crippen molar-refractivity contribution in [1.29, 1.82) is 0 Å². The summed E-state index contributed by atoms with van der Waals surface area (Å²) in [5.41, 5.74) is 5.62. The van der Waals surface area contributed by atoms with Crippen molar-refractivity contribution in [2.75, 3.05) is 36.6 Å². The van der Waals surface area contributed by atoms with Crippen molar-refractivity contribution in [3.63, 3.8) is 0 Å². The Balaban J connectivity index is 2.50. The van der Waals surface area contributed by atoms with Crippen molar-refractivity contribution in [1.82, 2.24) is 4.90 Å². The zero-order valence-corrected chi connectivity index (χ0v) is 11.8. The number of carbonyl (C=O) groups is 1. The van der Waals surface area contributed by atoms with E-state index in [1.807, 2.05) is 0 Å². The number of amides is 1. The maximum Gasteiger partial charge on any atom is 0.239 e. The highest BCUT2D eigenvalue weighted by Crippen LogP contribution is 2.07. The Morgan fingerprint density at radius 3 is 2.28 bits per heavy atom. The van der Waals surface area contributed by atoms with Gasteiger partial charge in [-0.05, 0) is 6.42 Å². The number of carbonyl (C=O) groups excluding carboxylic acids is 1. The highest BCUT2D eigenvalue weighted by molar-refractivity contribution is 7.91. The molecule has 0 bridgehead atoms. The lowest BCUT2D eigenvalue weighted by molar-refractivity contribution is -0.132. The average Bonchev–Trinajstić information content (AvgIpc) is 2.24. The second-order valence-electron chi connectivity index (χ2n) is 4.50. The second-order valence-corrected chi connectivity index (χ2v) is 9.07. The first-order valence-corrected chi connectivity index (χ1v) is 9.41. The summed E-state index contributed by atoms with van der Waals surface area (Å²) in [6, 6.07) is -0.888. The van der Waals surface area contributed by atoms with E-state index in [2.05, 4.69) is 0 Å². The third kappa shape index (κ3) is 4.91. The van der Waals surface area contributed by atoms with Crippen LogP contribution >= 0.6 is 0 Å². The number of hydrogen-bond donors (Lipinski definition) is 1. The summed E-state index contributed by atoms with van der Waals surface area (Å²) in [5.74, 6) is -0.644. The van der Waals surface area contributed by atoms with E-state index in [0.717, 1.165) is 6.26 Å². The molecule has 0 aliphatic carbocycles. The largest absolute Gasteiger partial charge is 0.339 e. The molecule has 0 aromatic rings. The van der Waals surface area contributed by atoms with Crippen molar-refractivity contribution in [2.24, 2.45) is 5.73 Å². The van der Waals surface area contributed by atoms with Gasteiger partial charge in [-0.25, -0.2) is 16.8 Å². The van der Waals surface area contributed by atoms with Gasteiger partial charge in [-0.15, -0.1) is 0 Å². The minimum atomic E-state index is -3.15. The summed E-state index contributed by atoms with van der Waals surface area (Å²) < 4.78 is 44.3. The third-order valence-corrected chi connectivity index (χ3v) is 5.36. The van der Waals surface area contributed by atoms with Crippen molar-refractivity contribution in [3.8, 4) is 0 Å². The van der Waals surface area contributed by atoms with E-state index in [0.29, 0.717) is 0 Å². The van der Waals surface area contributed by atoms with Gasteiger partial charge in [0.05, 0.1) is 23.3 Å². The SMILES string of the molecule is CS(=O)(=O)CCC(N)C(=O)N1CCS(=O)(=O)CC1. The maximum atomic E-state index is 11.8. The molecule has 1 rings (SSSR count). The average molecular weight is 298 g/mol. The number of nitrogens with zero attached hydrogens (tertiary/aromatic N) is 1. The van der Waals surface area contributed by atoms with Crippen LogP contribution in [0.25, 0.3) is 0 Å². The molecular weight excluding hydrogens is 280 g/mol. The molecule has 1 unspecified atom stereocenters. The predicted octanol–water partition coefficient (Wildman–Crippen LogP) is -1.99. The highest BCUT2D eigenvalue weighted by Gasteiger charge is 2.28. The molecular formula is C9H18N2O5S2. The van der Waals surface area contributed by atoms with E-state index in [4.69, 9.17) is 5.73 Å². The third-order valence-electron chi connectivity index (χ3n) is 2.77. The molecule has 0 spiro atoms. The first-order chi connectivity index (χ1) is 8.11. The maximum absolute atomic E-state index is 11.8. The summed E-state index contributed by atoms with van der Waals surface area (Å²) >= 11 is 0. The first-order valence-electron chi connectivity index (χ1n) is 5.53. The first kappa shape index (κ1) is 15.4. The van der Waals surface area contributed by atoms with Gasteiger partial charge in [0.25, 0.3) is 0 Å². The van der Waals surface area contributed by atoms with Gasteiger partial charge in [-0.3, -0.25) is 4.79 Å². The van der Waals surface area contributed by atoms with E-state index >= 15 is 0 Å². The zero-order chi connectivity index (χ0) is 14.0. The predicted molar refractivity (Wildman–Crippen MR) is 67.5 cm³/mol. The fraction of sp³-hybridized carbons (Fsp3) is 0.889. The lowest BCUT2D eigenvalue weighted by Crippen LogP contribution is -2.50. The van der Waals surface area contributed by atoms with Crippen LogP contribution in [0.4, 0.5) is 0 Å². The minimum absolute atomic E-state index is 0.0565. The molecule has 9 heteroatoms. The standard InChI is InChI=1S/C9H18N2O5S2/c1-17(13,14)5-2-8(10)9(12)11-3-6-18(15,16)7-4-11/h8H,2-7,10H2,1H3. The van der Waals surface area contributed by atoms with E-state index in [9.17, 15) is 21.6 Å². The van der Waals surface area contributed by atoms with Crippen LogP contribution in [0.5, 0.6) is 0 Å². The van der Waals surface area contributed by atoms with Crippen LogP contribution in [-0.4, -0.2) is 70.3 Å². The van der Waals surface area contributed by atoms with Crippen LogP contribution in [0.15, 0.2) is 0 Å². The van der Waals surface area contributed by atoms with E-state index in [1.54, 1.807) is 0 Å². The monoisotopic (exact) mass is 298 g/mol. The summed E-state index contributed by atoms with van der Waals surface area (Å²) in [4.78, 5) is 13.2. The molecule has 0 aromatic carbocycles. The number of hydrogen-bond acceptors (Lipinski definition) is 6. The number of rotatable bonds is 4. The summed E-state index contributed by atoms with van der Waals surface area (Å²) in [7, 11) is -6.19. The quantitative estimate of drug-likeness (QED) is 0.642. The highest BCUT2D eigenvalue weighted by atomic mass is 32.2. The Hall–Kier alpha value is -0.670. The van der Waals surface area contributed by atoms with E-state index in [1.165, 1.54) is 4.90 Å². The molecule has 0 radical (unpaired) electrons. The van der Waals surface area contributed by atoms with Crippen LogP contribution in [0.3, 0.4) is 0 Å². The van der Waals surface area contributed by atoms with Crippen LogP contribution in [0.2, 0.25) is 0 Å². The van der Waals surface area contributed by atoms with Gasteiger partial charge < -0.3 is 10.6 Å². The molecule has 106 valence electrons. The summed E-state index contributed by atoms with van der Waals surface area (Å²) in [6.45, 7) is 0.265. The van der Waals surface area contributed by atoms with Crippen molar-refractivity contribution < 1.29 is 21.6 Å². The van der Waals surface area contributed by atoms with Crippen molar-refractivity contribution in [3.05, 3.63) is 0 Å². The van der Waals surface area contributed by atoms with Crippen LogP contribution in [-0.2, 0) is 24.5 Å². The Morgan fingerprint density at radius 1 is 1.33 bits per heavy atom. The second kappa shape index (κ2) is 5.54. The molecule has 0 saturated carbocycles. The molecule has 18 heavy (non-hydrogen) atoms. The molecule has 1 aliphatic heterocycles. The molecule has 1 atom stereocenters. The Bertz CT molecular complexity index is 497. The molecule has 1 fully saturated rings. The Morgan fingerprint density at radius 2 is 1.83 bits per heavy atom. The summed E-state index contributed by atoms with van der Waals surface area (Å²) in [5, 5.41) is 0. The van der Waals surface area contributed by atoms with Crippen LogP contribution in [0.1, 0.15) is 6.42 Å². The molecule has 1 heterocycles. The molecule has 2 N–H and O–H groups in total. The fourth-order valence-electron chi connectivity index (χ4n) is 1.63. The molecule has 1 aliphatic rings. The van der Waals surface area contributed by atoms with Gasteiger partial charge in [-0.2, -0.15) is 0 Å². The smallest absolute Gasteiger partial charge is 0.239 e. The fourth-order valence-corrected chi connectivity index (χ4v) is 3.52. The van der Waals surface area contributed by atoms with Crippen LogP contribution < -0.4 is 5.73 Å². The molecule has 7 nitrogen and oxygen atoms in total. The normalized spacial score (nSPS) is 21.6. The van der Waals surface area contributed by atoms with Gasteiger partial charge in [0, 0.05) is 19.3 Å². The van der Waals surface area contributed by atoms with E-state index < -0.39 is 25.7 Å². The lowest BCUT2D eigenvalue weighted by Gasteiger charge is -2.28. The van der Waals surface area contributed by atoms with Gasteiger partial charge >= 0.3 is 0 Å². The zero-order valence-electron chi connectivity index (χ0n) is 10.2. The minimum Gasteiger partial charge on any atom is -0.339 e. The number of sulfone groups is 2.